The summed E-state index contributed by atoms with van der Waals surface area (Å²) in [6, 6.07) is 1.85. The zero-order valence-corrected chi connectivity index (χ0v) is 19.5. The molecular weight excluding hydrogens is 431 g/mol. The molecule has 1 aromatic rings. The van der Waals surface area contributed by atoms with Gasteiger partial charge in [0.2, 0.25) is 5.91 Å². The van der Waals surface area contributed by atoms with Gasteiger partial charge in [0.1, 0.15) is 0 Å². The highest BCUT2D eigenvalue weighted by atomic mass is 19.4. The number of halogens is 3. The number of nitrogens with zero attached hydrogens (tertiary/aromatic N) is 2. The number of amides is 1. The number of aromatic nitrogens is 1. The highest BCUT2D eigenvalue weighted by Gasteiger charge is 2.56. The summed E-state index contributed by atoms with van der Waals surface area (Å²) >= 11 is 0. The van der Waals surface area contributed by atoms with E-state index in [9.17, 15) is 18.0 Å². The molecule has 2 aliphatic carbocycles. The molecule has 0 bridgehead atoms. The Hall–Kier alpha value is -1.67. The van der Waals surface area contributed by atoms with Gasteiger partial charge in [-0.1, -0.05) is 20.3 Å². The molecule has 1 aromatic heterocycles. The molecule has 5 rings (SSSR count). The van der Waals surface area contributed by atoms with Crippen molar-refractivity contribution in [2.45, 2.75) is 83.6 Å². The average Bonchev–Trinajstić information content (AvgIpc) is 3.31. The van der Waals surface area contributed by atoms with Gasteiger partial charge in [-0.3, -0.25) is 9.78 Å². The number of pyridine rings is 1. The number of rotatable bonds is 3. The van der Waals surface area contributed by atoms with Gasteiger partial charge in [0, 0.05) is 55.5 Å². The van der Waals surface area contributed by atoms with Crippen LogP contribution in [0.4, 0.5) is 13.2 Å². The van der Waals surface area contributed by atoms with Gasteiger partial charge < -0.3 is 15.0 Å². The van der Waals surface area contributed by atoms with Crippen LogP contribution in [0.1, 0.15) is 69.2 Å². The highest BCUT2D eigenvalue weighted by Crippen LogP contribution is 2.56. The normalized spacial score (nSPS) is 33.6. The molecule has 2 saturated carbocycles. The van der Waals surface area contributed by atoms with Crippen molar-refractivity contribution in [3.8, 4) is 0 Å². The van der Waals surface area contributed by atoms with E-state index in [0.717, 1.165) is 57.9 Å². The Morgan fingerprint density at radius 2 is 2.12 bits per heavy atom. The standard InChI is InChI=1S/C25H34F3N3O2/c1-23(2)15-33-9-6-21(23)30-19-11-17-4-3-7-24(17,12-19)22(32)31-8-5-20-16(14-31)10-18(13-29-20)25(26,27)28/h10,13,17,19,21,30H,3-9,11-12,14-15H2,1-2H3/t17-,19-,21-,24-/m1/s1. The predicted octanol–water partition coefficient (Wildman–Crippen LogP) is 4.34. The molecule has 2 aliphatic heterocycles. The lowest BCUT2D eigenvalue weighted by Gasteiger charge is -2.41. The first-order chi connectivity index (χ1) is 15.6. The van der Waals surface area contributed by atoms with Crippen LogP contribution in [0.2, 0.25) is 0 Å². The Balaban J connectivity index is 1.32. The zero-order chi connectivity index (χ0) is 23.4. The fourth-order valence-corrected chi connectivity index (χ4v) is 6.81. The van der Waals surface area contributed by atoms with Crippen LogP contribution in [0.5, 0.6) is 0 Å². The number of alkyl halides is 3. The molecule has 4 atom stereocenters. The van der Waals surface area contributed by atoms with E-state index in [0.29, 0.717) is 42.2 Å². The van der Waals surface area contributed by atoms with E-state index in [1.807, 2.05) is 4.90 Å². The molecule has 33 heavy (non-hydrogen) atoms. The van der Waals surface area contributed by atoms with Crippen molar-refractivity contribution in [1.82, 2.24) is 15.2 Å². The molecule has 3 heterocycles. The summed E-state index contributed by atoms with van der Waals surface area (Å²) in [6.45, 7) is 6.73. The third-order valence-electron chi connectivity index (χ3n) is 8.62. The fraction of sp³-hybridized carbons (Fsp3) is 0.760. The molecule has 0 unspecified atom stereocenters. The molecule has 1 N–H and O–H groups in total. The lowest BCUT2D eigenvalue weighted by molar-refractivity contribution is -0.144. The van der Waals surface area contributed by atoms with Gasteiger partial charge in [0.15, 0.2) is 0 Å². The van der Waals surface area contributed by atoms with Crippen LogP contribution in [0.25, 0.3) is 0 Å². The third-order valence-corrected chi connectivity index (χ3v) is 8.62. The minimum atomic E-state index is -4.42. The lowest BCUT2D eigenvalue weighted by Crippen LogP contribution is -2.52. The Morgan fingerprint density at radius 1 is 1.30 bits per heavy atom. The Morgan fingerprint density at radius 3 is 2.88 bits per heavy atom. The summed E-state index contributed by atoms with van der Waals surface area (Å²) < 4.78 is 45.2. The zero-order valence-electron chi connectivity index (χ0n) is 19.5. The molecular formula is C25H34F3N3O2. The number of hydrogen-bond donors (Lipinski definition) is 1. The molecule has 5 nitrogen and oxygen atoms in total. The second-order valence-corrected chi connectivity index (χ2v) is 11.2. The quantitative estimate of drug-likeness (QED) is 0.722. The van der Waals surface area contributed by atoms with Crippen molar-refractivity contribution in [2.24, 2.45) is 16.7 Å². The van der Waals surface area contributed by atoms with Gasteiger partial charge in [-0.25, -0.2) is 0 Å². The third kappa shape index (κ3) is 4.18. The largest absolute Gasteiger partial charge is 0.417 e. The average molecular weight is 466 g/mol. The summed E-state index contributed by atoms with van der Waals surface area (Å²) in [5.74, 6) is 0.495. The van der Waals surface area contributed by atoms with Crippen LogP contribution in [0.15, 0.2) is 12.3 Å². The van der Waals surface area contributed by atoms with Crippen molar-refractivity contribution in [3.63, 3.8) is 0 Å². The van der Waals surface area contributed by atoms with Gasteiger partial charge in [0.25, 0.3) is 0 Å². The molecule has 182 valence electrons. The van der Waals surface area contributed by atoms with Gasteiger partial charge in [0.05, 0.1) is 17.6 Å². The Bertz CT molecular complexity index is 919. The SMILES string of the molecule is CC1(C)COCC[C@H]1N[C@@H]1C[C@H]2CCC[C@@]2(C(=O)N2CCc3ncc(C(F)(F)F)cc3C2)C1. The monoisotopic (exact) mass is 465 g/mol. The van der Waals surface area contributed by atoms with Crippen LogP contribution in [0.3, 0.4) is 0 Å². The lowest BCUT2D eigenvalue weighted by atomic mass is 9.78. The van der Waals surface area contributed by atoms with Gasteiger partial charge in [-0.2, -0.15) is 13.2 Å². The first-order valence-corrected chi connectivity index (χ1v) is 12.3. The topological polar surface area (TPSA) is 54.5 Å². The van der Waals surface area contributed by atoms with Crippen LogP contribution >= 0.6 is 0 Å². The first kappa shape index (κ1) is 23.1. The molecule has 1 amide bonds. The molecule has 3 fully saturated rings. The molecule has 0 spiro atoms. The first-order valence-electron chi connectivity index (χ1n) is 12.3. The second kappa shape index (κ2) is 8.22. The van der Waals surface area contributed by atoms with E-state index in [1.165, 1.54) is 6.07 Å². The molecule has 8 heteroatoms. The minimum absolute atomic E-state index is 0.0624. The summed E-state index contributed by atoms with van der Waals surface area (Å²) in [5.41, 5.74) is 0.163. The van der Waals surface area contributed by atoms with Crippen molar-refractivity contribution in [1.29, 1.82) is 0 Å². The van der Waals surface area contributed by atoms with Crippen molar-refractivity contribution in [3.05, 3.63) is 29.1 Å². The number of nitrogens with one attached hydrogen (secondary N) is 1. The molecule has 4 aliphatic rings. The van der Waals surface area contributed by atoms with E-state index in [2.05, 4.69) is 24.1 Å². The number of carbonyl (C=O) groups excluding carboxylic acids is 1. The van der Waals surface area contributed by atoms with Crippen LogP contribution in [-0.4, -0.2) is 47.6 Å². The van der Waals surface area contributed by atoms with E-state index >= 15 is 0 Å². The van der Waals surface area contributed by atoms with Crippen LogP contribution < -0.4 is 5.32 Å². The predicted molar refractivity (Wildman–Crippen MR) is 117 cm³/mol. The number of ether oxygens (including phenoxy) is 1. The van der Waals surface area contributed by atoms with E-state index in [-0.39, 0.29) is 23.3 Å². The van der Waals surface area contributed by atoms with Crippen molar-refractivity contribution in [2.75, 3.05) is 19.8 Å². The van der Waals surface area contributed by atoms with Crippen molar-refractivity contribution >= 4 is 5.91 Å². The van der Waals surface area contributed by atoms with Crippen LogP contribution in [0, 0.1) is 16.7 Å². The fourth-order valence-electron chi connectivity index (χ4n) is 6.81. The highest BCUT2D eigenvalue weighted by molar-refractivity contribution is 5.84. The molecule has 0 aromatic carbocycles. The van der Waals surface area contributed by atoms with Gasteiger partial charge >= 0.3 is 6.18 Å². The minimum Gasteiger partial charge on any atom is -0.381 e. The number of hydrogen-bond acceptors (Lipinski definition) is 4. The maximum atomic E-state index is 13.9. The summed E-state index contributed by atoms with van der Waals surface area (Å²) in [7, 11) is 0. The summed E-state index contributed by atoms with van der Waals surface area (Å²) in [4.78, 5) is 19.8. The maximum absolute atomic E-state index is 13.9. The maximum Gasteiger partial charge on any atom is 0.417 e. The van der Waals surface area contributed by atoms with E-state index in [1.54, 1.807) is 0 Å². The van der Waals surface area contributed by atoms with Crippen LogP contribution in [-0.2, 0) is 28.7 Å². The van der Waals surface area contributed by atoms with E-state index < -0.39 is 11.7 Å². The second-order valence-electron chi connectivity index (χ2n) is 11.2. The van der Waals surface area contributed by atoms with Gasteiger partial charge in [-0.15, -0.1) is 0 Å². The number of carbonyl (C=O) groups is 1. The Labute approximate surface area is 193 Å². The molecule has 1 saturated heterocycles. The number of fused-ring (bicyclic) bond motifs is 2. The van der Waals surface area contributed by atoms with Crippen molar-refractivity contribution < 1.29 is 22.7 Å². The van der Waals surface area contributed by atoms with Gasteiger partial charge in [-0.05, 0) is 49.7 Å². The summed E-state index contributed by atoms with van der Waals surface area (Å²) in [5, 5.41) is 3.87. The summed E-state index contributed by atoms with van der Waals surface area (Å²) in [6.07, 6.45) is 2.80. The molecule has 0 radical (unpaired) electrons. The smallest absolute Gasteiger partial charge is 0.381 e. The van der Waals surface area contributed by atoms with E-state index in [4.69, 9.17) is 4.74 Å². The Kier molecular flexibility index (Phi) is 5.75.